The topological polar surface area (TPSA) is 163 Å². The van der Waals surface area contributed by atoms with Crippen LogP contribution in [0.5, 0.6) is 0 Å². The number of thiazole rings is 1. The number of nitrogens with two attached hydrogens (primary N) is 1. The molecule has 11 nitrogen and oxygen atoms in total. The zero-order chi connectivity index (χ0) is 27.3. The first-order valence-electron chi connectivity index (χ1n) is 11.7. The molecule has 200 valence electrons. The Labute approximate surface area is 215 Å². The minimum Gasteiger partial charge on any atom is -0.465 e. The molecule has 0 spiro atoms. The Balaban J connectivity index is 2.50. The van der Waals surface area contributed by atoms with Gasteiger partial charge in [0.15, 0.2) is 22.2 Å². The van der Waals surface area contributed by atoms with Gasteiger partial charge >= 0.3 is 11.9 Å². The molecule has 36 heavy (non-hydrogen) atoms. The van der Waals surface area contributed by atoms with Crippen LogP contribution in [0.1, 0.15) is 64.6 Å². The molecule has 0 fully saturated rings. The van der Waals surface area contributed by atoms with Crippen molar-refractivity contribution in [2.75, 3.05) is 18.9 Å². The van der Waals surface area contributed by atoms with Crippen molar-refractivity contribution < 1.29 is 32.8 Å². The quantitative estimate of drug-likeness (QED) is 0.193. The number of anilines is 1. The van der Waals surface area contributed by atoms with Crippen molar-refractivity contribution in [2.45, 2.75) is 67.0 Å². The molecule has 0 unspecified atom stereocenters. The molecular formula is C23H35N4O7PS. The van der Waals surface area contributed by atoms with E-state index in [0.29, 0.717) is 11.3 Å². The molecule has 13 heteroatoms. The number of furan rings is 1. The summed E-state index contributed by atoms with van der Waals surface area (Å²) in [5, 5.41) is 5.63. The highest BCUT2D eigenvalue weighted by Gasteiger charge is 2.37. The number of carbonyl (C=O) groups excluding carboxylic acids is 3. The van der Waals surface area contributed by atoms with Gasteiger partial charge in [0.2, 0.25) is 0 Å². The Morgan fingerprint density at radius 1 is 1.08 bits per heavy atom. The standard InChI is InChI=1S/C23H35N4O7PS/c1-8-23(6,7)19(28)18-17(25-22(24)36-18)15-11-12-16(34-15)35(31,26-13(4)20(29)32-9-2)27-14(5)21(30)33-10-3/h11-14H,8-10H2,1-7H3,(H2,24,25)(H2,26,27,31)/t13-,14-/m0/s1. The lowest BCUT2D eigenvalue weighted by molar-refractivity contribution is -0.145. The van der Waals surface area contributed by atoms with Crippen LogP contribution in [0, 0.1) is 5.41 Å². The fraction of sp³-hybridized carbons (Fsp3) is 0.565. The molecule has 2 atom stereocenters. The summed E-state index contributed by atoms with van der Waals surface area (Å²) in [6.07, 6.45) is 0.604. The Morgan fingerprint density at radius 2 is 1.61 bits per heavy atom. The Morgan fingerprint density at radius 3 is 2.08 bits per heavy atom. The second kappa shape index (κ2) is 12.1. The third kappa shape index (κ3) is 6.82. The van der Waals surface area contributed by atoms with Gasteiger partial charge in [-0.2, -0.15) is 0 Å². The van der Waals surface area contributed by atoms with E-state index in [-0.39, 0.29) is 41.1 Å². The van der Waals surface area contributed by atoms with Crippen molar-refractivity contribution in [1.29, 1.82) is 0 Å². The van der Waals surface area contributed by atoms with E-state index < -0.39 is 36.9 Å². The molecule has 0 saturated carbocycles. The molecule has 0 radical (unpaired) electrons. The SMILES string of the molecule is CCOC(=O)[C@H](C)NP(=O)(N[C@@H](C)C(=O)OCC)c1ccc(-c2nc(N)sc2C(=O)C(C)(C)CC)o1. The van der Waals surface area contributed by atoms with E-state index in [1.54, 1.807) is 13.8 Å². The van der Waals surface area contributed by atoms with E-state index in [0.717, 1.165) is 11.3 Å². The first-order valence-corrected chi connectivity index (χ1v) is 14.2. The third-order valence-electron chi connectivity index (χ3n) is 5.52. The fourth-order valence-corrected chi connectivity index (χ4v) is 6.20. The first-order chi connectivity index (χ1) is 16.8. The molecule has 2 aromatic heterocycles. The van der Waals surface area contributed by atoms with Gasteiger partial charge in [-0.1, -0.05) is 32.1 Å². The lowest BCUT2D eigenvalue weighted by Crippen LogP contribution is -2.44. The molecule has 0 bridgehead atoms. The average Bonchev–Trinajstić information content (AvgIpc) is 3.45. The average molecular weight is 543 g/mol. The molecular weight excluding hydrogens is 507 g/mol. The van der Waals surface area contributed by atoms with Crippen LogP contribution in [-0.2, 0) is 23.6 Å². The minimum absolute atomic E-state index is 0.0791. The summed E-state index contributed by atoms with van der Waals surface area (Å²) < 4.78 is 30.0. The number of rotatable bonds is 13. The van der Waals surface area contributed by atoms with Crippen LogP contribution in [0.25, 0.3) is 11.5 Å². The van der Waals surface area contributed by atoms with Crippen LogP contribution in [0.3, 0.4) is 0 Å². The van der Waals surface area contributed by atoms with Gasteiger partial charge in [-0.25, -0.2) is 15.2 Å². The minimum atomic E-state index is -3.92. The highest BCUT2D eigenvalue weighted by Crippen LogP contribution is 2.41. The maximum absolute atomic E-state index is 14.1. The molecule has 0 aliphatic heterocycles. The zero-order valence-corrected chi connectivity index (χ0v) is 23.4. The normalized spacial score (nSPS) is 13.8. The Hall–Kier alpha value is -2.53. The molecule has 2 rings (SSSR count). The van der Waals surface area contributed by atoms with E-state index in [9.17, 15) is 18.9 Å². The van der Waals surface area contributed by atoms with Gasteiger partial charge in [-0.15, -0.1) is 0 Å². The molecule has 0 amide bonds. The van der Waals surface area contributed by atoms with Gasteiger partial charge in [-0.3, -0.25) is 18.9 Å². The largest absolute Gasteiger partial charge is 0.465 e. The predicted octanol–water partition coefficient (Wildman–Crippen LogP) is 3.51. The van der Waals surface area contributed by atoms with Crippen LogP contribution < -0.4 is 21.4 Å². The smallest absolute Gasteiger partial charge is 0.323 e. The number of nitrogen functional groups attached to an aromatic ring is 1. The summed E-state index contributed by atoms with van der Waals surface area (Å²) in [7, 11) is -3.92. The van der Waals surface area contributed by atoms with E-state index in [1.165, 1.54) is 26.0 Å². The second-order valence-electron chi connectivity index (χ2n) is 8.75. The van der Waals surface area contributed by atoms with Gasteiger partial charge in [-0.05, 0) is 46.2 Å². The maximum Gasteiger partial charge on any atom is 0.323 e. The van der Waals surface area contributed by atoms with Crippen molar-refractivity contribution in [3.63, 3.8) is 0 Å². The van der Waals surface area contributed by atoms with Crippen LogP contribution in [0.15, 0.2) is 16.5 Å². The molecule has 0 aliphatic carbocycles. The summed E-state index contributed by atoms with van der Waals surface area (Å²) in [4.78, 5) is 42.2. The number of nitrogens with one attached hydrogen (secondary N) is 2. The summed E-state index contributed by atoms with van der Waals surface area (Å²) in [5.41, 5.74) is 5.43. The van der Waals surface area contributed by atoms with Gasteiger partial charge in [0.1, 0.15) is 22.7 Å². The number of carbonyl (C=O) groups is 3. The lowest BCUT2D eigenvalue weighted by atomic mass is 9.84. The number of esters is 2. The third-order valence-corrected chi connectivity index (χ3v) is 8.76. The van der Waals surface area contributed by atoms with E-state index in [4.69, 9.17) is 19.6 Å². The van der Waals surface area contributed by atoms with Crippen molar-refractivity contribution in [3.05, 3.63) is 17.0 Å². The van der Waals surface area contributed by atoms with Crippen molar-refractivity contribution in [3.8, 4) is 11.5 Å². The zero-order valence-electron chi connectivity index (χ0n) is 21.7. The number of ether oxygens (including phenoxy) is 2. The van der Waals surface area contributed by atoms with E-state index in [2.05, 4.69) is 15.2 Å². The van der Waals surface area contributed by atoms with Crippen LogP contribution >= 0.6 is 18.8 Å². The summed E-state index contributed by atoms with van der Waals surface area (Å²) in [6.45, 7) is 12.1. The molecule has 0 aliphatic rings. The molecule has 0 aromatic carbocycles. The van der Waals surface area contributed by atoms with Crippen LogP contribution in [0.2, 0.25) is 0 Å². The van der Waals surface area contributed by atoms with Crippen LogP contribution in [-0.4, -0.2) is 48.0 Å². The fourth-order valence-electron chi connectivity index (χ4n) is 3.10. The van der Waals surface area contributed by atoms with Crippen LogP contribution in [0.4, 0.5) is 5.13 Å². The number of hydrogen-bond donors (Lipinski definition) is 3. The Kier molecular flexibility index (Phi) is 10.0. The highest BCUT2D eigenvalue weighted by molar-refractivity contribution is 7.67. The molecule has 2 aromatic rings. The van der Waals surface area contributed by atoms with Gasteiger partial charge < -0.3 is 19.6 Å². The second-order valence-corrected chi connectivity index (χ2v) is 12.0. The van der Waals surface area contributed by atoms with Crippen molar-refractivity contribution in [2.24, 2.45) is 5.41 Å². The highest BCUT2D eigenvalue weighted by atomic mass is 32.1. The Bertz CT molecular complexity index is 1110. The number of nitrogens with zero attached hydrogens (tertiary/aromatic N) is 1. The number of hydrogen-bond acceptors (Lipinski definition) is 10. The number of aromatic nitrogens is 1. The molecule has 2 heterocycles. The molecule has 0 saturated heterocycles. The number of ketones is 1. The van der Waals surface area contributed by atoms with Gasteiger partial charge in [0.25, 0.3) is 7.44 Å². The maximum atomic E-state index is 14.1. The predicted molar refractivity (Wildman–Crippen MR) is 138 cm³/mol. The summed E-state index contributed by atoms with van der Waals surface area (Å²) in [5.74, 6) is -1.22. The first kappa shape index (κ1) is 29.7. The van der Waals surface area contributed by atoms with Crippen molar-refractivity contribution >= 4 is 47.1 Å². The molecule has 4 N–H and O–H groups in total. The summed E-state index contributed by atoms with van der Waals surface area (Å²) in [6, 6.07) is 0.951. The van der Waals surface area contributed by atoms with Gasteiger partial charge in [0, 0.05) is 5.41 Å². The number of Topliss-reactive ketones (excluding diaryl/α,β-unsaturated/α-hetero) is 1. The lowest BCUT2D eigenvalue weighted by Gasteiger charge is -2.24. The van der Waals surface area contributed by atoms with Crippen molar-refractivity contribution in [1.82, 2.24) is 15.2 Å². The van der Waals surface area contributed by atoms with E-state index in [1.807, 2.05) is 20.8 Å². The summed E-state index contributed by atoms with van der Waals surface area (Å²) >= 11 is 1.05. The van der Waals surface area contributed by atoms with Gasteiger partial charge in [0.05, 0.1) is 13.2 Å². The van der Waals surface area contributed by atoms with E-state index >= 15 is 0 Å². The monoisotopic (exact) mass is 542 g/mol.